The van der Waals surface area contributed by atoms with Gasteiger partial charge in [0.2, 0.25) is 5.13 Å². The third-order valence-corrected chi connectivity index (χ3v) is 4.35. The number of thioether (sulfide) groups is 1. The average molecular weight is 309 g/mol. The van der Waals surface area contributed by atoms with E-state index in [0.29, 0.717) is 17.3 Å². The highest BCUT2D eigenvalue weighted by atomic mass is 32.2. The highest BCUT2D eigenvalue weighted by Gasteiger charge is 2.11. The summed E-state index contributed by atoms with van der Waals surface area (Å²) in [7, 11) is 0. The molecule has 0 radical (unpaired) electrons. The number of rotatable bonds is 5. The molecule has 7 heteroatoms. The van der Waals surface area contributed by atoms with Crippen molar-refractivity contribution in [2.45, 2.75) is 18.2 Å². The Hall–Kier alpha value is -1.60. The van der Waals surface area contributed by atoms with Crippen LogP contribution in [0.2, 0.25) is 0 Å². The number of aryl methyl sites for hydroxylation is 1. The lowest BCUT2D eigenvalue weighted by atomic mass is 10.1. The summed E-state index contributed by atoms with van der Waals surface area (Å²) in [5.74, 6) is 0.601. The zero-order chi connectivity index (χ0) is 14.5. The van der Waals surface area contributed by atoms with Gasteiger partial charge in [0.1, 0.15) is 5.75 Å². The average Bonchev–Trinajstić information content (AvgIpc) is 2.89. The van der Waals surface area contributed by atoms with Gasteiger partial charge in [-0.15, -0.1) is 10.2 Å². The molecule has 0 aliphatic heterocycles. The van der Waals surface area contributed by atoms with Gasteiger partial charge in [-0.25, -0.2) is 0 Å². The zero-order valence-electron chi connectivity index (χ0n) is 11.5. The van der Waals surface area contributed by atoms with Gasteiger partial charge >= 0.3 is 0 Å². The molecular formula is C13H15N3O2S2. The molecule has 0 atom stereocenters. The number of nitrogens with one attached hydrogen (secondary N) is 1. The molecule has 2 rings (SSSR count). The van der Waals surface area contributed by atoms with E-state index in [1.54, 1.807) is 18.2 Å². The van der Waals surface area contributed by atoms with E-state index in [0.717, 1.165) is 15.7 Å². The maximum Gasteiger partial charge on any atom is 0.257 e. The summed E-state index contributed by atoms with van der Waals surface area (Å²) in [5.41, 5.74) is 1.51. The van der Waals surface area contributed by atoms with Crippen LogP contribution >= 0.6 is 23.1 Å². The normalized spacial score (nSPS) is 10.3. The Morgan fingerprint density at radius 3 is 2.85 bits per heavy atom. The summed E-state index contributed by atoms with van der Waals surface area (Å²) in [6, 6.07) is 5.35. The van der Waals surface area contributed by atoms with Crippen molar-refractivity contribution >= 4 is 34.1 Å². The number of amides is 1. The number of nitrogens with zero attached hydrogens (tertiary/aromatic N) is 2. The molecular weight excluding hydrogens is 294 g/mol. The molecule has 1 aromatic heterocycles. The van der Waals surface area contributed by atoms with Gasteiger partial charge in [0, 0.05) is 5.56 Å². The number of anilines is 1. The standard InChI is InChI=1S/C13H15N3O2S2/c1-4-18-10-6-5-9(7-8(10)2)11(17)14-12-15-16-13(19-3)20-12/h5-7H,4H2,1-3H3,(H,14,15,17). The molecule has 2 aromatic rings. The van der Waals surface area contributed by atoms with Crippen molar-refractivity contribution in [2.24, 2.45) is 0 Å². The highest BCUT2D eigenvalue weighted by Crippen LogP contribution is 2.24. The summed E-state index contributed by atoms with van der Waals surface area (Å²) in [6.07, 6.45) is 1.92. The van der Waals surface area contributed by atoms with Gasteiger partial charge in [-0.2, -0.15) is 0 Å². The van der Waals surface area contributed by atoms with Crippen LogP contribution < -0.4 is 10.1 Å². The number of ether oxygens (including phenoxy) is 1. The molecule has 20 heavy (non-hydrogen) atoms. The lowest BCUT2D eigenvalue weighted by molar-refractivity contribution is 0.102. The van der Waals surface area contributed by atoms with E-state index in [1.165, 1.54) is 23.1 Å². The second-order valence-corrected chi connectivity index (χ2v) is 5.98. The van der Waals surface area contributed by atoms with Gasteiger partial charge in [0.25, 0.3) is 5.91 Å². The number of benzene rings is 1. The molecule has 0 aliphatic carbocycles. The van der Waals surface area contributed by atoms with Gasteiger partial charge in [-0.05, 0) is 43.9 Å². The largest absolute Gasteiger partial charge is 0.494 e. The van der Waals surface area contributed by atoms with Gasteiger partial charge in [0.15, 0.2) is 4.34 Å². The summed E-state index contributed by atoms with van der Waals surface area (Å²) < 4.78 is 6.28. The summed E-state index contributed by atoms with van der Waals surface area (Å²) in [6.45, 7) is 4.45. The van der Waals surface area contributed by atoms with Gasteiger partial charge in [0.05, 0.1) is 6.61 Å². The van der Waals surface area contributed by atoms with Crippen molar-refractivity contribution in [3.63, 3.8) is 0 Å². The molecule has 1 amide bonds. The Kier molecular flexibility index (Phi) is 4.97. The molecule has 0 saturated heterocycles. The monoisotopic (exact) mass is 309 g/mol. The minimum Gasteiger partial charge on any atom is -0.494 e. The van der Waals surface area contributed by atoms with Crippen LogP contribution in [-0.2, 0) is 0 Å². The number of hydrogen-bond donors (Lipinski definition) is 1. The molecule has 0 unspecified atom stereocenters. The zero-order valence-corrected chi connectivity index (χ0v) is 13.1. The predicted molar refractivity (Wildman–Crippen MR) is 82.0 cm³/mol. The van der Waals surface area contributed by atoms with Crippen molar-refractivity contribution in [1.29, 1.82) is 0 Å². The smallest absolute Gasteiger partial charge is 0.257 e. The van der Waals surface area contributed by atoms with Crippen molar-refractivity contribution < 1.29 is 9.53 Å². The Morgan fingerprint density at radius 1 is 1.45 bits per heavy atom. The van der Waals surface area contributed by atoms with Crippen molar-refractivity contribution in [2.75, 3.05) is 18.2 Å². The van der Waals surface area contributed by atoms with Gasteiger partial charge in [-0.3, -0.25) is 10.1 Å². The van der Waals surface area contributed by atoms with Crippen LogP contribution in [0.4, 0.5) is 5.13 Å². The van der Waals surface area contributed by atoms with Crippen molar-refractivity contribution in [3.05, 3.63) is 29.3 Å². The van der Waals surface area contributed by atoms with Crippen molar-refractivity contribution in [1.82, 2.24) is 10.2 Å². The Bertz CT molecular complexity index is 613. The van der Waals surface area contributed by atoms with Crippen molar-refractivity contribution in [3.8, 4) is 5.75 Å². The van der Waals surface area contributed by atoms with Crippen LogP contribution in [-0.4, -0.2) is 29.0 Å². The van der Waals surface area contributed by atoms with E-state index < -0.39 is 0 Å². The van der Waals surface area contributed by atoms with Crippen LogP contribution in [0.1, 0.15) is 22.8 Å². The Balaban J connectivity index is 2.10. The number of hydrogen-bond acceptors (Lipinski definition) is 6. The highest BCUT2D eigenvalue weighted by molar-refractivity contribution is 8.00. The lowest BCUT2D eigenvalue weighted by Gasteiger charge is -2.08. The summed E-state index contributed by atoms with van der Waals surface area (Å²) in [4.78, 5) is 12.1. The fourth-order valence-electron chi connectivity index (χ4n) is 1.62. The van der Waals surface area contributed by atoms with E-state index in [2.05, 4.69) is 15.5 Å². The van der Waals surface area contributed by atoms with Crippen LogP contribution in [0, 0.1) is 6.92 Å². The molecule has 0 bridgehead atoms. The second-order valence-electron chi connectivity index (χ2n) is 3.94. The fourth-order valence-corrected chi connectivity index (χ4v) is 2.79. The second kappa shape index (κ2) is 6.71. The number of carbonyl (C=O) groups is 1. The van der Waals surface area contributed by atoms with Crippen LogP contribution in [0.5, 0.6) is 5.75 Å². The number of aromatic nitrogens is 2. The number of carbonyl (C=O) groups excluding carboxylic acids is 1. The van der Waals surface area contributed by atoms with E-state index in [4.69, 9.17) is 4.74 Å². The fraction of sp³-hybridized carbons (Fsp3) is 0.308. The first kappa shape index (κ1) is 14.8. The quantitative estimate of drug-likeness (QED) is 0.678. The van der Waals surface area contributed by atoms with Gasteiger partial charge in [-0.1, -0.05) is 23.1 Å². The molecule has 5 nitrogen and oxygen atoms in total. The minimum absolute atomic E-state index is 0.194. The van der Waals surface area contributed by atoms with E-state index in [-0.39, 0.29) is 5.91 Å². The molecule has 1 N–H and O–H groups in total. The first-order valence-corrected chi connectivity index (χ1v) is 8.10. The van der Waals surface area contributed by atoms with Gasteiger partial charge < -0.3 is 4.74 Å². The molecule has 0 fully saturated rings. The maximum atomic E-state index is 12.1. The van der Waals surface area contributed by atoms with E-state index in [9.17, 15) is 4.79 Å². The minimum atomic E-state index is -0.194. The third kappa shape index (κ3) is 3.49. The topological polar surface area (TPSA) is 64.1 Å². The van der Waals surface area contributed by atoms with Crippen LogP contribution in [0.15, 0.2) is 22.5 Å². The summed E-state index contributed by atoms with van der Waals surface area (Å²) >= 11 is 2.85. The molecule has 0 saturated carbocycles. The molecule has 106 valence electrons. The SMILES string of the molecule is CCOc1ccc(C(=O)Nc2nnc(SC)s2)cc1C. The molecule has 1 aromatic carbocycles. The lowest BCUT2D eigenvalue weighted by Crippen LogP contribution is -2.12. The third-order valence-electron chi connectivity index (χ3n) is 2.54. The predicted octanol–water partition coefficient (Wildman–Crippen LogP) is 3.22. The first-order valence-electron chi connectivity index (χ1n) is 6.06. The first-order chi connectivity index (χ1) is 9.63. The van der Waals surface area contributed by atoms with Crippen LogP contribution in [0.25, 0.3) is 0 Å². The summed E-state index contributed by atoms with van der Waals surface area (Å²) in [5, 5.41) is 11.1. The molecule has 1 heterocycles. The molecule has 0 aliphatic rings. The Morgan fingerprint density at radius 2 is 2.25 bits per heavy atom. The van der Waals surface area contributed by atoms with Crippen LogP contribution in [0.3, 0.4) is 0 Å². The van der Waals surface area contributed by atoms with E-state index >= 15 is 0 Å². The Labute approximate surface area is 125 Å². The molecule has 0 spiro atoms. The maximum absolute atomic E-state index is 12.1. The van der Waals surface area contributed by atoms with E-state index in [1.807, 2.05) is 20.1 Å².